The maximum Gasteiger partial charge on any atom is 0.263 e. The van der Waals surface area contributed by atoms with E-state index in [1.165, 1.54) is 29.7 Å². The molecule has 0 aromatic heterocycles. The van der Waals surface area contributed by atoms with E-state index in [-0.39, 0.29) is 18.0 Å². The fourth-order valence-corrected chi connectivity index (χ4v) is 4.29. The number of hydrogen-bond acceptors (Lipinski definition) is 6. The van der Waals surface area contributed by atoms with Gasteiger partial charge in [-0.25, -0.2) is 13.9 Å². The molecule has 0 saturated carbocycles. The highest BCUT2D eigenvalue weighted by Gasteiger charge is 2.41. The first kappa shape index (κ1) is 19.2. The summed E-state index contributed by atoms with van der Waals surface area (Å²) in [5.41, 5.74) is 1.54. The number of hydroxylamine groups is 1. The van der Waals surface area contributed by atoms with Crippen molar-refractivity contribution in [2.45, 2.75) is 30.8 Å². The van der Waals surface area contributed by atoms with Crippen LogP contribution in [0, 0.1) is 11.8 Å². The maximum atomic E-state index is 12.9. The summed E-state index contributed by atoms with van der Waals surface area (Å²) in [5, 5.41) is 11.9. The van der Waals surface area contributed by atoms with E-state index in [2.05, 4.69) is 17.2 Å². The molecule has 1 heterocycles. The molecule has 8 nitrogen and oxygen atoms in total. The van der Waals surface area contributed by atoms with Crippen molar-refractivity contribution < 1.29 is 23.2 Å². The Balaban J connectivity index is 2.26. The molecule has 1 saturated heterocycles. The molecule has 2 rings (SSSR count). The molecule has 3 N–H and O–H groups in total. The van der Waals surface area contributed by atoms with Crippen LogP contribution in [0.1, 0.15) is 13.8 Å². The highest BCUT2D eigenvalue weighted by Crippen LogP contribution is 2.23. The first-order chi connectivity index (χ1) is 11.9. The second kappa shape index (κ2) is 8.31. The average molecular weight is 367 g/mol. The van der Waals surface area contributed by atoms with Crippen LogP contribution in [-0.2, 0) is 14.8 Å². The van der Waals surface area contributed by atoms with Crippen molar-refractivity contribution in [3.05, 3.63) is 24.3 Å². The molecule has 1 fully saturated rings. The lowest BCUT2D eigenvalue weighted by molar-refractivity contribution is -0.134. The standard InChI is InChI=1S/C16H21N3O5S/c1-3-4-11-24-13-5-7-14(8-6-13)25(22,23)19-10-9-17-12(2)15(19)16(20)18-21/h5-8,12,15,17,21H,9-11H2,1-2H3,(H,18,20). The molecule has 0 bridgehead atoms. The van der Waals surface area contributed by atoms with Gasteiger partial charge in [-0.05, 0) is 38.1 Å². The highest BCUT2D eigenvalue weighted by molar-refractivity contribution is 7.89. The summed E-state index contributed by atoms with van der Waals surface area (Å²) in [5.74, 6) is 5.17. The Hall–Kier alpha value is -2.12. The van der Waals surface area contributed by atoms with Crippen molar-refractivity contribution in [1.29, 1.82) is 0 Å². The van der Waals surface area contributed by atoms with Gasteiger partial charge in [0.1, 0.15) is 18.4 Å². The number of nitrogens with zero attached hydrogens (tertiary/aromatic N) is 1. The molecule has 0 spiro atoms. The molecular formula is C16H21N3O5S. The summed E-state index contributed by atoms with van der Waals surface area (Å²) < 4.78 is 32.3. The lowest BCUT2D eigenvalue weighted by Crippen LogP contribution is -2.63. The van der Waals surface area contributed by atoms with Crippen molar-refractivity contribution in [3.63, 3.8) is 0 Å². The predicted molar refractivity (Wildman–Crippen MR) is 90.5 cm³/mol. The van der Waals surface area contributed by atoms with Crippen LogP contribution in [0.2, 0.25) is 0 Å². The fraction of sp³-hybridized carbons (Fsp3) is 0.438. The quantitative estimate of drug-likeness (QED) is 0.382. The number of rotatable bonds is 5. The van der Waals surface area contributed by atoms with Crippen LogP contribution in [-0.4, -0.2) is 55.6 Å². The van der Waals surface area contributed by atoms with E-state index in [0.717, 1.165) is 4.31 Å². The Morgan fingerprint density at radius 3 is 2.72 bits per heavy atom. The number of benzene rings is 1. The molecule has 1 aromatic rings. The van der Waals surface area contributed by atoms with Crippen LogP contribution in [0.4, 0.5) is 0 Å². The predicted octanol–water partition coefficient (Wildman–Crippen LogP) is -0.0549. The number of carbonyl (C=O) groups is 1. The van der Waals surface area contributed by atoms with Gasteiger partial charge in [0.15, 0.2) is 0 Å². The van der Waals surface area contributed by atoms with Gasteiger partial charge in [-0.1, -0.05) is 5.92 Å². The molecule has 1 aromatic carbocycles. The number of hydrogen-bond donors (Lipinski definition) is 3. The van der Waals surface area contributed by atoms with E-state index in [1.54, 1.807) is 13.8 Å². The van der Waals surface area contributed by atoms with Gasteiger partial charge in [0.25, 0.3) is 5.91 Å². The maximum absolute atomic E-state index is 12.9. The molecule has 1 amide bonds. The summed E-state index contributed by atoms with van der Waals surface area (Å²) >= 11 is 0. The molecule has 9 heteroatoms. The molecule has 1 aliphatic heterocycles. The molecule has 1 aliphatic rings. The Kier molecular flexibility index (Phi) is 6.39. The fourth-order valence-electron chi connectivity index (χ4n) is 2.63. The van der Waals surface area contributed by atoms with Crippen LogP contribution in [0.25, 0.3) is 0 Å². The smallest absolute Gasteiger partial charge is 0.263 e. The number of ether oxygens (including phenoxy) is 1. The van der Waals surface area contributed by atoms with E-state index in [0.29, 0.717) is 12.3 Å². The molecule has 2 atom stereocenters. The third-order valence-corrected chi connectivity index (χ3v) is 5.77. The second-order valence-corrected chi connectivity index (χ2v) is 7.36. The van der Waals surface area contributed by atoms with Crippen molar-refractivity contribution in [2.75, 3.05) is 19.7 Å². The zero-order chi connectivity index (χ0) is 18.4. The van der Waals surface area contributed by atoms with Gasteiger partial charge in [-0.3, -0.25) is 10.0 Å². The van der Waals surface area contributed by atoms with Crippen LogP contribution in [0.15, 0.2) is 29.2 Å². The number of carbonyl (C=O) groups excluding carboxylic acids is 1. The molecular weight excluding hydrogens is 346 g/mol. The number of piperazine rings is 1. The van der Waals surface area contributed by atoms with Gasteiger partial charge in [0.05, 0.1) is 4.90 Å². The number of amides is 1. The van der Waals surface area contributed by atoms with Crippen LogP contribution >= 0.6 is 0 Å². The Morgan fingerprint density at radius 1 is 1.44 bits per heavy atom. The summed E-state index contributed by atoms with van der Waals surface area (Å²) in [4.78, 5) is 12.0. The minimum atomic E-state index is -3.90. The van der Waals surface area contributed by atoms with E-state index >= 15 is 0 Å². The van der Waals surface area contributed by atoms with Crippen molar-refractivity contribution in [1.82, 2.24) is 15.1 Å². The zero-order valence-corrected chi connectivity index (χ0v) is 14.8. The van der Waals surface area contributed by atoms with Gasteiger partial charge in [0, 0.05) is 19.1 Å². The van der Waals surface area contributed by atoms with Gasteiger partial charge < -0.3 is 10.1 Å². The molecule has 0 aliphatic carbocycles. The summed E-state index contributed by atoms with van der Waals surface area (Å²) in [7, 11) is -3.90. The number of sulfonamides is 1. The van der Waals surface area contributed by atoms with Crippen molar-refractivity contribution in [3.8, 4) is 17.6 Å². The van der Waals surface area contributed by atoms with Crippen LogP contribution in [0.5, 0.6) is 5.75 Å². The summed E-state index contributed by atoms with van der Waals surface area (Å²) in [6.45, 7) is 4.14. The lowest BCUT2D eigenvalue weighted by atomic mass is 10.1. The lowest BCUT2D eigenvalue weighted by Gasteiger charge is -2.37. The minimum Gasteiger partial charge on any atom is -0.481 e. The number of nitrogens with one attached hydrogen (secondary N) is 2. The summed E-state index contributed by atoms with van der Waals surface area (Å²) in [6, 6.07) is 4.44. The third-order valence-electron chi connectivity index (χ3n) is 3.88. The average Bonchev–Trinajstić information content (AvgIpc) is 2.61. The minimum absolute atomic E-state index is 0.0475. The second-order valence-electron chi connectivity index (χ2n) is 5.47. The van der Waals surface area contributed by atoms with Crippen molar-refractivity contribution in [2.24, 2.45) is 0 Å². The monoisotopic (exact) mass is 367 g/mol. The van der Waals surface area contributed by atoms with Crippen LogP contribution in [0.3, 0.4) is 0 Å². The van der Waals surface area contributed by atoms with E-state index in [4.69, 9.17) is 9.94 Å². The topological polar surface area (TPSA) is 108 Å². The van der Waals surface area contributed by atoms with E-state index in [1.807, 2.05) is 0 Å². The Bertz CT molecular complexity index is 767. The zero-order valence-electron chi connectivity index (χ0n) is 14.0. The highest BCUT2D eigenvalue weighted by atomic mass is 32.2. The molecule has 2 unspecified atom stereocenters. The van der Waals surface area contributed by atoms with Gasteiger partial charge in [-0.15, -0.1) is 5.92 Å². The molecule has 136 valence electrons. The first-order valence-corrected chi connectivity index (χ1v) is 9.17. The van der Waals surface area contributed by atoms with Crippen LogP contribution < -0.4 is 15.5 Å². The molecule has 25 heavy (non-hydrogen) atoms. The van der Waals surface area contributed by atoms with Crippen molar-refractivity contribution >= 4 is 15.9 Å². The Labute approximate surface area is 147 Å². The van der Waals surface area contributed by atoms with Gasteiger partial charge in [-0.2, -0.15) is 4.31 Å². The van der Waals surface area contributed by atoms with Gasteiger partial charge in [0.2, 0.25) is 10.0 Å². The Morgan fingerprint density at radius 2 is 2.12 bits per heavy atom. The van der Waals surface area contributed by atoms with Gasteiger partial charge >= 0.3 is 0 Å². The third kappa shape index (κ3) is 4.29. The molecule has 0 radical (unpaired) electrons. The largest absolute Gasteiger partial charge is 0.481 e. The summed E-state index contributed by atoms with van der Waals surface area (Å²) in [6.07, 6.45) is 0. The normalized spacial score (nSPS) is 21.1. The van der Waals surface area contributed by atoms with E-state index in [9.17, 15) is 13.2 Å². The SMILES string of the molecule is CC#CCOc1ccc(S(=O)(=O)N2CCNC(C)C2C(=O)NO)cc1. The first-order valence-electron chi connectivity index (χ1n) is 7.73. The van der Waals surface area contributed by atoms with E-state index < -0.39 is 28.0 Å².